The second kappa shape index (κ2) is 5.50. The Morgan fingerprint density at radius 3 is 2.64 bits per heavy atom. The van der Waals surface area contributed by atoms with Crippen molar-refractivity contribution in [3.05, 3.63) is 58.6 Å². The lowest BCUT2D eigenvalue weighted by atomic mass is 9.96. The van der Waals surface area contributed by atoms with Gasteiger partial charge in [-0.25, -0.2) is 0 Å². The van der Waals surface area contributed by atoms with Crippen LogP contribution in [-0.4, -0.2) is 21.1 Å². The molecule has 0 saturated heterocycles. The minimum absolute atomic E-state index is 0.135. The number of fused-ring (bicyclic) bond motifs is 1. The Balaban J connectivity index is 2.08. The Hall–Kier alpha value is -2.27. The third kappa shape index (κ3) is 2.72. The Bertz CT molecular complexity index is 891. The van der Waals surface area contributed by atoms with Gasteiger partial charge in [0, 0.05) is 11.0 Å². The van der Waals surface area contributed by atoms with Crippen LogP contribution >= 0.6 is 12.2 Å². The highest BCUT2D eigenvalue weighted by Gasteiger charge is 2.21. The van der Waals surface area contributed by atoms with E-state index in [-0.39, 0.29) is 5.41 Å². The van der Waals surface area contributed by atoms with Gasteiger partial charge in [-0.05, 0) is 23.0 Å². The number of H-pyrrole nitrogens is 1. The van der Waals surface area contributed by atoms with E-state index in [1.807, 2.05) is 30.5 Å². The van der Waals surface area contributed by atoms with Crippen molar-refractivity contribution in [1.82, 2.24) is 14.9 Å². The Kier molecular flexibility index (Phi) is 3.66. The molecule has 1 heterocycles. The van der Waals surface area contributed by atoms with Gasteiger partial charge < -0.3 is 0 Å². The van der Waals surface area contributed by atoms with Crippen molar-refractivity contribution in [2.24, 2.45) is 5.10 Å². The van der Waals surface area contributed by atoms with Gasteiger partial charge in [-0.1, -0.05) is 63.2 Å². The lowest BCUT2D eigenvalue weighted by molar-refractivity contribution is 0.516. The number of nitrogens with one attached hydrogen (secondary N) is 1. The van der Waals surface area contributed by atoms with Crippen LogP contribution in [0.1, 0.15) is 32.2 Å². The minimum atomic E-state index is -0.135. The number of aromatic nitrogens is 3. The van der Waals surface area contributed by atoms with E-state index in [0.29, 0.717) is 4.77 Å². The molecule has 0 unspecified atom stereocenters. The fourth-order valence-corrected chi connectivity index (χ4v) is 2.55. The van der Waals surface area contributed by atoms with Gasteiger partial charge in [0.05, 0.1) is 6.21 Å². The average molecular weight is 310 g/mol. The van der Waals surface area contributed by atoms with E-state index in [1.165, 1.54) is 10.8 Å². The van der Waals surface area contributed by atoms with Crippen molar-refractivity contribution in [3.63, 3.8) is 0 Å². The number of nitrogens with zero attached hydrogens (tertiary/aromatic N) is 3. The molecule has 0 aliphatic carbocycles. The fraction of sp³-hybridized carbons (Fsp3) is 0.235. The van der Waals surface area contributed by atoms with E-state index in [1.54, 1.807) is 4.68 Å². The summed E-state index contributed by atoms with van der Waals surface area (Å²) in [6.45, 7) is 6.26. The summed E-state index contributed by atoms with van der Waals surface area (Å²) in [6, 6.07) is 14.4. The Morgan fingerprint density at radius 2 is 1.86 bits per heavy atom. The van der Waals surface area contributed by atoms with Crippen LogP contribution in [0.4, 0.5) is 0 Å². The summed E-state index contributed by atoms with van der Waals surface area (Å²) in [5.41, 5.74) is 0.921. The molecular weight excluding hydrogens is 292 g/mol. The van der Waals surface area contributed by atoms with Crippen molar-refractivity contribution >= 4 is 29.2 Å². The molecule has 0 aliphatic rings. The molecule has 112 valence electrons. The van der Waals surface area contributed by atoms with Gasteiger partial charge >= 0.3 is 0 Å². The molecule has 0 bridgehead atoms. The molecule has 1 N–H and O–H groups in total. The molecule has 0 radical (unpaired) electrons. The molecule has 1 aromatic heterocycles. The van der Waals surface area contributed by atoms with Crippen molar-refractivity contribution in [2.45, 2.75) is 26.2 Å². The van der Waals surface area contributed by atoms with Gasteiger partial charge in [-0.3, -0.25) is 5.10 Å². The van der Waals surface area contributed by atoms with E-state index < -0.39 is 0 Å². The van der Waals surface area contributed by atoms with Crippen LogP contribution < -0.4 is 0 Å². The van der Waals surface area contributed by atoms with Gasteiger partial charge in [-0.2, -0.15) is 14.9 Å². The van der Waals surface area contributed by atoms with Crippen LogP contribution in [0.15, 0.2) is 47.6 Å². The molecular formula is C17H18N4S. The van der Waals surface area contributed by atoms with Crippen LogP contribution in [0.25, 0.3) is 10.8 Å². The molecule has 3 aromatic rings. The third-order valence-electron chi connectivity index (χ3n) is 3.46. The Morgan fingerprint density at radius 1 is 1.14 bits per heavy atom. The molecule has 0 fully saturated rings. The van der Waals surface area contributed by atoms with E-state index in [0.717, 1.165) is 11.4 Å². The van der Waals surface area contributed by atoms with Crippen LogP contribution in [0, 0.1) is 4.77 Å². The second-order valence-corrected chi connectivity index (χ2v) is 6.61. The predicted octanol–water partition coefficient (Wildman–Crippen LogP) is 4.27. The molecule has 2 aromatic carbocycles. The molecule has 22 heavy (non-hydrogen) atoms. The molecule has 4 nitrogen and oxygen atoms in total. The zero-order valence-corrected chi connectivity index (χ0v) is 13.7. The van der Waals surface area contributed by atoms with Gasteiger partial charge in [0.2, 0.25) is 4.77 Å². The number of benzene rings is 2. The molecule has 0 amide bonds. The topological polar surface area (TPSA) is 46.0 Å². The first-order valence-electron chi connectivity index (χ1n) is 7.17. The first-order chi connectivity index (χ1) is 10.5. The summed E-state index contributed by atoms with van der Waals surface area (Å²) in [5, 5.41) is 14.0. The molecule has 0 atom stereocenters. The standard InChI is InChI=1S/C17H18N4S/c1-17(2,3)15-19-20-16(22)21(15)18-11-13-9-6-8-12-7-4-5-10-14(12)13/h4-11H,1-3H3,(H,20,22)/b18-11-. The summed E-state index contributed by atoms with van der Waals surface area (Å²) < 4.78 is 2.19. The van der Waals surface area contributed by atoms with E-state index in [2.05, 4.69) is 54.3 Å². The van der Waals surface area contributed by atoms with E-state index in [4.69, 9.17) is 12.2 Å². The fourth-order valence-electron chi connectivity index (χ4n) is 2.37. The summed E-state index contributed by atoms with van der Waals surface area (Å²) in [6.07, 6.45) is 1.84. The van der Waals surface area contributed by atoms with Crippen LogP contribution in [0.2, 0.25) is 0 Å². The molecule has 0 aliphatic heterocycles. The maximum Gasteiger partial charge on any atom is 0.216 e. The van der Waals surface area contributed by atoms with Crippen LogP contribution in [0.5, 0.6) is 0 Å². The lowest BCUT2D eigenvalue weighted by Crippen LogP contribution is -2.17. The highest BCUT2D eigenvalue weighted by molar-refractivity contribution is 7.71. The summed E-state index contributed by atoms with van der Waals surface area (Å²) in [4.78, 5) is 0. The van der Waals surface area contributed by atoms with Crippen molar-refractivity contribution in [3.8, 4) is 0 Å². The summed E-state index contributed by atoms with van der Waals surface area (Å²) in [7, 11) is 0. The van der Waals surface area contributed by atoms with Crippen molar-refractivity contribution in [2.75, 3.05) is 0 Å². The Labute approximate surface area is 134 Å². The van der Waals surface area contributed by atoms with Crippen LogP contribution in [-0.2, 0) is 5.41 Å². The van der Waals surface area contributed by atoms with Gasteiger partial charge in [0.25, 0.3) is 0 Å². The smallest absolute Gasteiger partial charge is 0.216 e. The first kappa shape index (κ1) is 14.7. The third-order valence-corrected chi connectivity index (χ3v) is 3.72. The summed E-state index contributed by atoms with van der Waals surface area (Å²) >= 11 is 5.28. The van der Waals surface area contributed by atoms with E-state index >= 15 is 0 Å². The minimum Gasteiger partial charge on any atom is -0.250 e. The molecule has 3 rings (SSSR count). The highest BCUT2D eigenvalue weighted by atomic mass is 32.1. The lowest BCUT2D eigenvalue weighted by Gasteiger charge is -2.15. The first-order valence-corrected chi connectivity index (χ1v) is 7.58. The number of hydrogen-bond donors (Lipinski definition) is 1. The quantitative estimate of drug-likeness (QED) is 0.567. The predicted molar refractivity (Wildman–Crippen MR) is 93.1 cm³/mol. The van der Waals surface area contributed by atoms with Crippen molar-refractivity contribution in [1.29, 1.82) is 0 Å². The number of rotatable bonds is 2. The van der Waals surface area contributed by atoms with Crippen molar-refractivity contribution < 1.29 is 0 Å². The zero-order valence-electron chi connectivity index (χ0n) is 12.9. The molecule has 0 saturated carbocycles. The maximum absolute atomic E-state index is 5.28. The molecule has 5 heteroatoms. The number of aromatic amines is 1. The van der Waals surface area contributed by atoms with Gasteiger partial charge in [0.1, 0.15) is 0 Å². The van der Waals surface area contributed by atoms with E-state index in [9.17, 15) is 0 Å². The summed E-state index contributed by atoms with van der Waals surface area (Å²) in [5.74, 6) is 0.814. The van der Waals surface area contributed by atoms with Gasteiger partial charge in [-0.15, -0.1) is 0 Å². The molecule has 0 spiro atoms. The second-order valence-electron chi connectivity index (χ2n) is 6.23. The van der Waals surface area contributed by atoms with Gasteiger partial charge in [0.15, 0.2) is 5.82 Å². The monoisotopic (exact) mass is 310 g/mol. The normalized spacial score (nSPS) is 12.3. The van der Waals surface area contributed by atoms with Crippen LogP contribution in [0.3, 0.4) is 0 Å². The maximum atomic E-state index is 5.28. The number of hydrogen-bond acceptors (Lipinski definition) is 3. The SMILES string of the molecule is CC(C)(C)c1n[nH]c(=S)n1/N=C\c1cccc2ccccc12. The largest absolute Gasteiger partial charge is 0.250 e. The highest BCUT2D eigenvalue weighted by Crippen LogP contribution is 2.20. The average Bonchev–Trinajstić information content (AvgIpc) is 2.86. The zero-order chi connectivity index (χ0) is 15.7.